The quantitative estimate of drug-likeness (QED) is 0.395. The Balaban J connectivity index is 1.62. The number of para-hydroxylation sites is 1. The van der Waals surface area contributed by atoms with E-state index in [1.165, 1.54) is 0 Å². The Bertz CT molecular complexity index is 1170. The van der Waals surface area contributed by atoms with Crippen molar-refractivity contribution in [3.63, 3.8) is 0 Å². The summed E-state index contributed by atoms with van der Waals surface area (Å²) in [6.07, 6.45) is 0. The molecule has 0 radical (unpaired) electrons. The molecule has 1 heterocycles. The molecule has 0 aliphatic rings. The van der Waals surface area contributed by atoms with Gasteiger partial charge in [0.05, 0.1) is 21.8 Å². The molecule has 1 N–H and O–H groups in total. The summed E-state index contributed by atoms with van der Waals surface area (Å²) in [5.74, 6) is 0.347. The minimum atomic E-state index is -0.223. The van der Waals surface area contributed by atoms with E-state index in [0.717, 1.165) is 32.0 Å². The van der Waals surface area contributed by atoms with Gasteiger partial charge in [0.2, 0.25) is 0 Å². The van der Waals surface area contributed by atoms with Crippen LogP contribution in [0.25, 0.3) is 20.8 Å². The van der Waals surface area contributed by atoms with E-state index in [1.807, 2.05) is 50.2 Å². The summed E-state index contributed by atoms with van der Waals surface area (Å²) >= 11 is 7.86. The highest BCUT2D eigenvalue weighted by Crippen LogP contribution is 2.34. The molecule has 1 amide bonds. The molecule has 4 nitrogen and oxygen atoms in total. The number of aromatic nitrogens is 1. The first-order valence-corrected chi connectivity index (χ1v) is 10.5. The number of carbonyl (C=O) groups excluding carboxylic acids is 1. The number of benzene rings is 3. The Morgan fingerprint density at radius 1 is 1.14 bits per heavy atom. The summed E-state index contributed by atoms with van der Waals surface area (Å²) in [5.41, 5.74) is 4.18. The minimum absolute atomic E-state index is 0.223. The Morgan fingerprint density at radius 3 is 2.72 bits per heavy atom. The molecule has 0 aliphatic heterocycles. The van der Waals surface area contributed by atoms with Gasteiger partial charge in [-0.15, -0.1) is 11.3 Å². The second-order valence-electron chi connectivity index (χ2n) is 6.50. The summed E-state index contributed by atoms with van der Waals surface area (Å²) in [6.45, 7) is 4.39. The van der Waals surface area contributed by atoms with Gasteiger partial charge >= 0.3 is 0 Å². The molecule has 4 rings (SSSR count). The third kappa shape index (κ3) is 3.97. The molecule has 1 aromatic heterocycles. The van der Waals surface area contributed by atoms with Crippen LogP contribution in [0.3, 0.4) is 0 Å². The zero-order valence-corrected chi connectivity index (χ0v) is 17.6. The molecule has 6 heteroatoms. The molecule has 3 aromatic carbocycles. The predicted molar refractivity (Wildman–Crippen MR) is 120 cm³/mol. The van der Waals surface area contributed by atoms with Crippen molar-refractivity contribution in [3.05, 3.63) is 76.8 Å². The van der Waals surface area contributed by atoms with Crippen molar-refractivity contribution in [2.45, 2.75) is 13.8 Å². The van der Waals surface area contributed by atoms with E-state index in [0.29, 0.717) is 22.9 Å². The normalized spacial score (nSPS) is 10.9. The molecular formula is C23H19ClN2O2S. The van der Waals surface area contributed by atoms with E-state index in [1.54, 1.807) is 29.5 Å². The maximum atomic E-state index is 12.8. The Labute approximate surface area is 178 Å². The van der Waals surface area contributed by atoms with Crippen molar-refractivity contribution in [1.82, 2.24) is 4.98 Å². The summed E-state index contributed by atoms with van der Waals surface area (Å²) in [6, 6.07) is 18.9. The maximum Gasteiger partial charge on any atom is 0.255 e. The monoisotopic (exact) mass is 422 g/mol. The highest BCUT2D eigenvalue weighted by Gasteiger charge is 2.14. The Hall–Kier alpha value is -2.89. The molecule has 0 bridgehead atoms. The fourth-order valence-corrected chi connectivity index (χ4v) is 4.38. The molecule has 0 unspecified atom stereocenters. The smallest absolute Gasteiger partial charge is 0.255 e. The van der Waals surface area contributed by atoms with Crippen molar-refractivity contribution in [2.24, 2.45) is 0 Å². The van der Waals surface area contributed by atoms with Crippen LogP contribution in [0, 0.1) is 6.92 Å². The number of rotatable bonds is 5. The van der Waals surface area contributed by atoms with Gasteiger partial charge in [-0.2, -0.15) is 0 Å². The number of anilines is 1. The standard InChI is InChI=1S/C23H19ClN2O2S/c1-3-28-20-12-11-15(13-17(20)24)22(27)25-18-9-6-7-16(14(18)2)23-26-19-8-4-5-10-21(19)29-23/h4-13H,3H2,1-2H3,(H,25,27). The number of nitrogens with zero attached hydrogens (tertiary/aromatic N) is 1. The number of nitrogens with one attached hydrogen (secondary N) is 1. The van der Waals surface area contributed by atoms with E-state index in [2.05, 4.69) is 11.4 Å². The fourth-order valence-electron chi connectivity index (χ4n) is 3.10. The zero-order chi connectivity index (χ0) is 20.4. The molecule has 0 aliphatic carbocycles. The SMILES string of the molecule is CCOc1ccc(C(=O)Nc2cccc(-c3nc4ccccc4s3)c2C)cc1Cl. The molecule has 0 spiro atoms. The predicted octanol–water partition coefficient (Wildman–Crippen LogP) is 6.58. The first-order valence-electron chi connectivity index (χ1n) is 9.26. The molecule has 146 valence electrons. The topological polar surface area (TPSA) is 51.2 Å². The zero-order valence-electron chi connectivity index (χ0n) is 16.0. The number of amides is 1. The number of hydrogen-bond acceptors (Lipinski definition) is 4. The van der Waals surface area contributed by atoms with Gasteiger partial charge in [-0.05, 0) is 55.8 Å². The van der Waals surface area contributed by atoms with E-state index in [4.69, 9.17) is 21.3 Å². The molecule has 0 fully saturated rings. The lowest BCUT2D eigenvalue weighted by Gasteiger charge is -2.12. The van der Waals surface area contributed by atoms with Crippen LogP contribution in [-0.4, -0.2) is 17.5 Å². The summed E-state index contributed by atoms with van der Waals surface area (Å²) in [7, 11) is 0. The molecule has 0 saturated carbocycles. The third-order valence-electron chi connectivity index (χ3n) is 4.60. The van der Waals surface area contributed by atoms with Gasteiger partial charge in [0.25, 0.3) is 5.91 Å². The van der Waals surface area contributed by atoms with Gasteiger partial charge in [0.15, 0.2) is 0 Å². The van der Waals surface area contributed by atoms with Crippen LogP contribution < -0.4 is 10.1 Å². The van der Waals surface area contributed by atoms with Crippen molar-refractivity contribution >= 4 is 44.7 Å². The highest BCUT2D eigenvalue weighted by molar-refractivity contribution is 7.21. The summed E-state index contributed by atoms with van der Waals surface area (Å²) in [5, 5.41) is 4.34. The Morgan fingerprint density at radius 2 is 1.97 bits per heavy atom. The van der Waals surface area contributed by atoms with Crippen LogP contribution >= 0.6 is 22.9 Å². The summed E-state index contributed by atoms with van der Waals surface area (Å²) in [4.78, 5) is 17.5. The molecule has 0 atom stereocenters. The van der Waals surface area contributed by atoms with E-state index < -0.39 is 0 Å². The second kappa shape index (κ2) is 8.23. The minimum Gasteiger partial charge on any atom is -0.492 e. The number of thiazole rings is 1. The van der Waals surface area contributed by atoms with Crippen molar-refractivity contribution < 1.29 is 9.53 Å². The number of ether oxygens (including phenoxy) is 1. The van der Waals surface area contributed by atoms with Gasteiger partial charge < -0.3 is 10.1 Å². The average molecular weight is 423 g/mol. The fraction of sp³-hybridized carbons (Fsp3) is 0.130. The average Bonchev–Trinajstić information content (AvgIpc) is 3.15. The highest BCUT2D eigenvalue weighted by atomic mass is 35.5. The first-order chi connectivity index (χ1) is 14.1. The lowest BCUT2D eigenvalue weighted by Crippen LogP contribution is -2.13. The van der Waals surface area contributed by atoms with Gasteiger partial charge in [0, 0.05) is 16.8 Å². The lowest BCUT2D eigenvalue weighted by molar-refractivity contribution is 0.102. The van der Waals surface area contributed by atoms with Crippen LogP contribution in [0.15, 0.2) is 60.7 Å². The van der Waals surface area contributed by atoms with E-state index in [-0.39, 0.29) is 5.91 Å². The molecule has 4 aromatic rings. The van der Waals surface area contributed by atoms with Crippen molar-refractivity contribution in [3.8, 4) is 16.3 Å². The van der Waals surface area contributed by atoms with Crippen LogP contribution in [0.5, 0.6) is 5.75 Å². The third-order valence-corrected chi connectivity index (χ3v) is 5.97. The maximum absolute atomic E-state index is 12.8. The van der Waals surface area contributed by atoms with Crippen LogP contribution in [-0.2, 0) is 0 Å². The summed E-state index contributed by atoms with van der Waals surface area (Å²) < 4.78 is 6.57. The number of carbonyl (C=O) groups is 1. The van der Waals surface area contributed by atoms with Gasteiger partial charge in [-0.25, -0.2) is 4.98 Å². The number of fused-ring (bicyclic) bond motifs is 1. The first kappa shape index (κ1) is 19.4. The molecule has 0 saturated heterocycles. The van der Waals surface area contributed by atoms with Crippen LogP contribution in [0.4, 0.5) is 5.69 Å². The van der Waals surface area contributed by atoms with Crippen LogP contribution in [0.1, 0.15) is 22.8 Å². The number of halogens is 1. The van der Waals surface area contributed by atoms with Gasteiger partial charge in [-0.3, -0.25) is 4.79 Å². The van der Waals surface area contributed by atoms with Crippen molar-refractivity contribution in [1.29, 1.82) is 0 Å². The molecule has 29 heavy (non-hydrogen) atoms. The van der Waals surface area contributed by atoms with Gasteiger partial charge in [0.1, 0.15) is 10.8 Å². The molecular weight excluding hydrogens is 404 g/mol. The lowest BCUT2D eigenvalue weighted by atomic mass is 10.1. The van der Waals surface area contributed by atoms with E-state index >= 15 is 0 Å². The Kier molecular flexibility index (Phi) is 5.51. The van der Waals surface area contributed by atoms with Crippen molar-refractivity contribution in [2.75, 3.05) is 11.9 Å². The number of hydrogen-bond donors (Lipinski definition) is 1. The van der Waals surface area contributed by atoms with E-state index in [9.17, 15) is 4.79 Å². The second-order valence-corrected chi connectivity index (χ2v) is 7.94. The largest absolute Gasteiger partial charge is 0.492 e. The van der Waals surface area contributed by atoms with Gasteiger partial charge in [-0.1, -0.05) is 35.9 Å². The van der Waals surface area contributed by atoms with Crippen LogP contribution in [0.2, 0.25) is 5.02 Å².